The summed E-state index contributed by atoms with van der Waals surface area (Å²) in [6, 6.07) is 6.37. The standard InChI is InChI=1S/C15H19ClN2O3/c1-3-8-15(2)13(20)18(14(21)17-15)9-12(19)10-6-4-5-7-11(10)16/h4-7,12,19H,3,8-9H2,1-2H3,(H,17,21). The Morgan fingerprint density at radius 3 is 2.67 bits per heavy atom. The second-order valence-corrected chi connectivity index (χ2v) is 5.87. The number of halogens is 1. The molecule has 0 aromatic heterocycles. The number of β-amino-alcohol motifs (C(OH)–C–C–N with tert-alkyl or cyclic N) is 1. The van der Waals surface area contributed by atoms with Crippen molar-refractivity contribution in [1.82, 2.24) is 10.2 Å². The minimum Gasteiger partial charge on any atom is -0.386 e. The fourth-order valence-electron chi connectivity index (χ4n) is 2.60. The number of amides is 3. The van der Waals surface area contributed by atoms with Gasteiger partial charge in [-0.3, -0.25) is 9.69 Å². The molecule has 1 aromatic carbocycles. The van der Waals surface area contributed by atoms with Gasteiger partial charge in [0.15, 0.2) is 0 Å². The van der Waals surface area contributed by atoms with E-state index in [2.05, 4.69) is 5.32 Å². The van der Waals surface area contributed by atoms with Crippen molar-refractivity contribution in [2.75, 3.05) is 6.54 Å². The lowest BCUT2D eigenvalue weighted by atomic mass is 9.96. The number of carbonyl (C=O) groups is 2. The molecule has 1 aromatic rings. The molecule has 0 saturated carbocycles. The molecule has 6 heteroatoms. The zero-order valence-electron chi connectivity index (χ0n) is 12.1. The SMILES string of the molecule is CCCC1(C)NC(=O)N(CC(O)c2ccccc2Cl)C1=O. The molecule has 2 N–H and O–H groups in total. The van der Waals surface area contributed by atoms with E-state index in [4.69, 9.17) is 11.6 Å². The fourth-order valence-corrected chi connectivity index (χ4v) is 2.86. The molecule has 1 fully saturated rings. The van der Waals surface area contributed by atoms with Crippen molar-refractivity contribution in [3.8, 4) is 0 Å². The number of hydrogen-bond donors (Lipinski definition) is 2. The molecular weight excluding hydrogens is 292 g/mol. The van der Waals surface area contributed by atoms with E-state index in [1.165, 1.54) is 0 Å². The molecule has 1 aliphatic heterocycles. The molecule has 1 heterocycles. The largest absolute Gasteiger partial charge is 0.386 e. The van der Waals surface area contributed by atoms with Gasteiger partial charge in [0.05, 0.1) is 12.6 Å². The van der Waals surface area contributed by atoms with Crippen LogP contribution in [0.2, 0.25) is 5.02 Å². The van der Waals surface area contributed by atoms with Crippen LogP contribution in [0.4, 0.5) is 4.79 Å². The number of aliphatic hydroxyl groups is 1. The molecule has 0 spiro atoms. The molecule has 2 rings (SSSR count). The summed E-state index contributed by atoms with van der Waals surface area (Å²) in [5.41, 5.74) is -0.379. The van der Waals surface area contributed by atoms with Crippen LogP contribution >= 0.6 is 11.6 Å². The van der Waals surface area contributed by atoms with Gasteiger partial charge in [0.25, 0.3) is 5.91 Å². The van der Waals surface area contributed by atoms with E-state index in [1.54, 1.807) is 31.2 Å². The van der Waals surface area contributed by atoms with Gasteiger partial charge in [0, 0.05) is 10.6 Å². The summed E-state index contributed by atoms with van der Waals surface area (Å²) in [6.45, 7) is 3.55. The van der Waals surface area contributed by atoms with Gasteiger partial charge >= 0.3 is 6.03 Å². The third-order valence-electron chi connectivity index (χ3n) is 3.71. The van der Waals surface area contributed by atoms with Crippen LogP contribution in [0, 0.1) is 0 Å². The van der Waals surface area contributed by atoms with Crippen molar-refractivity contribution >= 4 is 23.5 Å². The number of carbonyl (C=O) groups excluding carboxylic acids is 2. The molecule has 0 radical (unpaired) electrons. The van der Waals surface area contributed by atoms with Crippen LogP contribution in [0.15, 0.2) is 24.3 Å². The maximum absolute atomic E-state index is 12.4. The predicted molar refractivity (Wildman–Crippen MR) is 80.0 cm³/mol. The molecule has 21 heavy (non-hydrogen) atoms. The molecule has 0 bridgehead atoms. The highest BCUT2D eigenvalue weighted by Gasteiger charge is 2.47. The first kappa shape index (κ1) is 15.8. The van der Waals surface area contributed by atoms with E-state index < -0.39 is 17.7 Å². The Kier molecular flexibility index (Phi) is 4.54. The summed E-state index contributed by atoms with van der Waals surface area (Å²) < 4.78 is 0. The van der Waals surface area contributed by atoms with Crippen molar-refractivity contribution in [2.24, 2.45) is 0 Å². The van der Waals surface area contributed by atoms with Crippen molar-refractivity contribution in [2.45, 2.75) is 38.3 Å². The number of imide groups is 1. The van der Waals surface area contributed by atoms with Crippen LogP contribution in [-0.2, 0) is 4.79 Å². The minimum atomic E-state index is -1.00. The summed E-state index contributed by atoms with van der Waals surface area (Å²) >= 11 is 6.02. The lowest BCUT2D eigenvalue weighted by Crippen LogP contribution is -2.44. The van der Waals surface area contributed by atoms with Crippen molar-refractivity contribution in [3.05, 3.63) is 34.9 Å². The lowest BCUT2D eigenvalue weighted by Gasteiger charge is -2.22. The van der Waals surface area contributed by atoms with Crippen molar-refractivity contribution in [1.29, 1.82) is 0 Å². The molecule has 3 amide bonds. The Bertz CT molecular complexity index is 564. The lowest BCUT2D eigenvalue weighted by molar-refractivity contribution is -0.132. The van der Waals surface area contributed by atoms with Crippen LogP contribution in [0.5, 0.6) is 0 Å². The van der Waals surface area contributed by atoms with Gasteiger partial charge in [-0.2, -0.15) is 0 Å². The summed E-state index contributed by atoms with van der Waals surface area (Å²) in [7, 11) is 0. The maximum Gasteiger partial charge on any atom is 0.325 e. The Labute approximate surface area is 128 Å². The minimum absolute atomic E-state index is 0.103. The first-order valence-electron chi connectivity index (χ1n) is 6.95. The number of rotatable bonds is 5. The van der Waals surface area contributed by atoms with E-state index in [0.717, 1.165) is 11.3 Å². The van der Waals surface area contributed by atoms with E-state index in [-0.39, 0.29) is 12.5 Å². The van der Waals surface area contributed by atoms with Crippen molar-refractivity contribution < 1.29 is 14.7 Å². The highest BCUT2D eigenvalue weighted by atomic mass is 35.5. The van der Waals surface area contributed by atoms with Crippen LogP contribution in [0.1, 0.15) is 38.4 Å². The van der Waals surface area contributed by atoms with Crippen LogP contribution in [0.3, 0.4) is 0 Å². The molecule has 1 aliphatic rings. The van der Waals surface area contributed by atoms with Gasteiger partial charge in [0.2, 0.25) is 0 Å². The zero-order valence-corrected chi connectivity index (χ0v) is 12.9. The average Bonchev–Trinajstić information content (AvgIpc) is 2.63. The summed E-state index contributed by atoms with van der Waals surface area (Å²) in [6.07, 6.45) is 0.344. The first-order valence-corrected chi connectivity index (χ1v) is 7.33. The molecule has 1 saturated heterocycles. The predicted octanol–water partition coefficient (Wildman–Crippen LogP) is 2.48. The van der Waals surface area contributed by atoms with E-state index in [0.29, 0.717) is 17.0 Å². The zero-order chi connectivity index (χ0) is 15.6. The van der Waals surface area contributed by atoms with Crippen LogP contribution < -0.4 is 5.32 Å². The number of benzene rings is 1. The summed E-state index contributed by atoms with van der Waals surface area (Å²) in [5, 5.41) is 13.3. The van der Waals surface area contributed by atoms with Gasteiger partial charge < -0.3 is 10.4 Å². The average molecular weight is 311 g/mol. The Morgan fingerprint density at radius 2 is 2.05 bits per heavy atom. The molecular formula is C15H19ClN2O3. The van der Waals surface area contributed by atoms with Gasteiger partial charge in [-0.1, -0.05) is 43.1 Å². The number of urea groups is 1. The smallest absolute Gasteiger partial charge is 0.325 e. The van der Waals surface area contributed by atoms with Gasteiger partial charge in [-0.15, -0.1) is 0 Å². The van der Waals surface area contributed by atoms with E-state index in [1.807, 2.05) is 6.92 Å². The Morgan fingerprint density at radius 1 is 1.38 bits per heavy atom. The molecule has 2 unspecified atom stereocenters. The molecule has 2 atom stereocenters. The van der Waals surface area contributed by atoms with Gasteiger partial charge in [-0.05, 0) is 19.4 Å². The summed E-state index contributed by atoms with van der Waals surface area (Å²) in [4.78, 5) is 25.4. The first-order chi connectivity index (χ1) is 9.89. The van der Waals surface area contributed by atoms with Gasteiger partial charge in [-0.25, -0.2) is 4.79 Å². The number of hydrogen-bond acceptors (Lipinski definition) is 3. The highest BCUT2D eigenvalue weighted by molar-refractivity contribution is 6.31. The van der Waals surface area contributed by atoms with Gasteiger partial charge in [0.1, 0.15) is 5.54 Å². The Hall–Kier alpha value is -1.59. The van der Waals surface area contributed by atoms with E-state index >= 15 is 0 Å². The molecule has 114 valence electrons. The molecule has 5 nitrogen and oxygen atoms in total. The second-order valence-electron chi connectivity index (χ2n) is 5.47. The number of nitrogens with zero attached hydrogens (tertiary/aromatic N) is 1. The number of aliphatic hydroxyl groups excluding tert-OH is 1. The topological polar surface area (TPSA) is 69.6 Å². The highest BCUT2D eigenvalue weighted by Crippen LogP contribution is 2.27. The molecule has 0 aliphatic carbocycles. The van der Waals surface area contributed by atoms with Crippen molar-refractivity contribution in [3.63, 3.8) is 0 Å². The fraction of sp³-hybridized carbons (Fsp3) is 0.467. The normalized spacial score (nSPS) is 23.3. The maximum atomic E-state index is 12.4. The van der Waals surface area contributed by atoms with Crippen LogP contribution in [-0.4, -0.2) is 34.0 Å². The van der Waals surface area contributed by atoms with Crippen LogP contribution in [0.25, 0.3) is 0 Å². The van der Waals surface area contributed by atoms with E-state index in [9.17, 15) is 14.7 Å². The monoisotopic (exact) mass is 310 g/mol. The Balaban J connectivity index is 2.15. The third-order valence-corrected chi connectivity index (χ3v) is 4.06. The third kappa shape index (κ3) is 3.04. The second kappa shape index (κ2) is 6.03. The quantitative estimate of drug-likeness (QED) is 0.821. The number of nitrogens with one attached hydrogen (secondary N) is 1. The summed E-state index contributed by atoms with van der Waals surface area (Å²) in [5.74, 6) is -0.305.